The number of aliphatic carboxylic acids is 1. The summed E-state index contributed by atoms with van der Waals surface area (Å²) in [7, 11) is 0. The molecule has 2 saturated heterocycles. The van der Waals surface area contributed by atoms with Gasteiger partial charge in [-0.1, -0.05) is 6.92 Å². The number of amides is 1. The Balaban J connectivity index is 1.84. The van der Waals surface area contributed by atoms with E-state index in [1.54, 1.807) is 4.90 Å². The molecular formula is C15H26N2O4. The second kappa shape index (κ2) is 6.75. The van der Waals surface area contributed by atoms with Gasteiger partial charge in [0.1, 0.15) is 0 Å². The Morgan fingerprint density at radius 2 is 1.90 bits per heavy atom. The van der Waals surface area contributed by atoms with Gasteiger partial charge in [-0.25, -0.2) is 0 Å². The third kappa shape index (κ3) is 3.74. The minimum Gasteiger partial charge on any atom is -0.481 e. The molecule has 0 radical (unpaired) electrons. The Labute approximate surface area is 125 Å². The van der Waals surface area contributed by atoms with Crippen LogP contribution in [-0.2, 0) is 9.59 Å². The number of rotatable bonds is 4. The van der Waals surface area contributed by atoms with Gasteiger partial charge >= 0.3 is 5.97 Å². The third-order valence-corrected chi connectivity index (χ3v) is 5.04. The van der Waals surface area contributed by atoms with Crippen molar-refractivity contribution in [1.82, 2.24) is 9.80 Å². The first-order valence-electron chi connectivity index (χ1n) is 7.88. The molecule has 0 bridgehead atoms. The first-order valence-corrected chi connectivity index (χ1v) is 7.88. The lowest BCUT2D eigenvalue weighted by Gasteiger charge is -2.39. The van der Waals surface area contributed by atoms with Gasteiger partial charge in [-0.15, -0.1) is 0 Å². The maximum atomic E-state index is 12.3. The number of likely N-dealkylation sites (tertiary alicyclic amines) is 2. The van der Waals surface area contributed by atoms with Gasteiger partial charge in [0.05, 0.1) is 18.1 Å². The van der Waals surface area contributed by atoms with Crippen molar-refractivity contribution in [3.8, 4) is 0 Å². The molecule has 2 rings (SSSR count). The largest absolute Gasteiger partial charge is 0.481 e. The van der Waals surface area contributed by atoms with E-state index in [9.17, 15) is 19.8 Å². The van der Waals surface area contributed by atoms with E-state index in [0.717, 1.165) is 19.4 Å². The third-order valence-electron chi connectivity index (χ3n) is 5.04. The summed E-state index contributed by atoms with van der Waals surface area (Å²) in [4.78, 5) is 27.5. The van der Waals surface area contributed by atoms with E-state index >= 15 is 0 Å². The highest BCUT2D eigenvalue weighted by molar-refractivity contribution is 5.79. The van der Waals surface area contributed by atoms with Crippen molar-refractivity contribution in [1.29, 1.82) is 0 Å². The quantitative estimate of drug-likeness (QED) is 0.792. The number of piperidine rings is 2. The predicted octanol–water partition coefficient (Wildman–Crippen LogP) is 0.547. The molecule has 6 nitrogen and oxygen atoms in total. The number of nitrogens with zero attached hydrogens (tertiary/aromatic N) is 2. The number of β-amino-alcohol motifs (C(OH)–C–C–N with tert-alkyl or cyclic N) is 1. The van der Waals surface area contributed by atoms with Gasteiger partial charge in [-0.2, -0.15) is 0 Å². The number of carboxylic acid groups (broad SMARTS) is 1. The molecule has 0 saturated carbocycles. The van der Waals surface area contributed by atoms with Crippen molar-refractivity contribution in [2.75, 3.05) is 32.7 Å². The summed E-state index contributed by atoms with van der Waals surface area (Å²) in [6.45, 7) is 4.70. The zero-order valence-electron chi connectivity index (χ0n) is 12.8. The minimum absolute atomic E-state index is 0.0548. The number of hydrogen-bond acceptors (Lipinski definition) is 4. The highest BCUT2D eigenvalue weighted by atomic mass is 16.4. The molecule has 0 spiro atoms. The SMILES string of the molecule is CCC1(C(=O)O)CCN(C(=O)CN2CCCC(O)C2)CC1. The molecule has 2 aliphatic heterocycles. The van der Waals surface area contributed by atoms with Gasteiger partial charge in [0.15, 0.2) is 0 Å². The van der Waals surface area contributed by atoms with Crippen LogP contribution in [0.2, 0.25) is 0 Å². The van der Waals surface area contributed by atoms with Gasteiger partial charge in [0, 0.05) is 19.6 Å². The molecule has 6 heteroatoms. The summed E-state index contributed by atoms with van der Waals surface area (Å²) >= 11 is 0. The lowest BCUT2D eigenvalue weighted by molar-refractivity contribution is -0.155. The topological polar surface area (TPSA) is 81.1 Å². The van der Waals surface area contributed by atoms with Crippen LogP contribution in [0.15, 0.2) is 0 Å². The maximum Gasteiger partial charge on any atom is 0.309 e. The highest BCUT2D eigenvalue weighted by Gasteiger charge is 2.40. The van der Waals surface area contributed by atoms with Crippen LogP contribution in [0, 0.1) is 5.41 Å². The van der Waals surface area contributed by atoms with E-state index < -0.39 is 11.4 Å². The van der Waals surface area contributed by atoms with Crippen LogP contribution in [0.4, 0.5) is 0 Å². The molecule has 2 heterocycles. The average molecular weight is 298 g/mol. The van der Waals surface area contributed by atoms with Gasteiger partial charge in [0.2, 0.25) is 5.91 Å². The normalized spacial score (nSPS) is 26.6. The maximum absolute atomic E-state index is 12.3. The van der Waals surface area contributed by atoms with Crippen LogP contribution < -0.4 is 0 Å². The summed E-state index contributed by atoms with van der Waals surface area (Å²) in [6.07, 6.45) is 3.09. The van der Waals surface area contributed by atoms with E-state index in [-0.39, 0.29) is 12.0 Å². The molecule has 2 aliphatic rings. The Morgan fingerprint density at radius 1 is 1.24 bits per heavy atom. The first kappa shape index (κ1) is 16.2. The molecule has 1 amide bonds. The summed E-state index contributed by atoms with van der Waals surface area (Å²) < 4.78 is 0. The van der Waals surface area contributed by atoms with Crippen molar-refractivity contribution in [3.05, 3.63) is 0 Å². The number of carbonyl (C=O) groups excluding carboxylic acids is 1. The lowest BCUT2D eigenvalue weighted by atomic mass is 9.76. The van der Waals surface area contributed by atoms with Crippen molar-refractivity contribution >= 4 is 11.9 Å². The Bertz CT molecular complexity index is 391. The van der Waals surface area contributed by atoms with E-state index in [0.29, 0.717) is 45.4 Å². The van der Waals surface area contributed by atoms with Crippen LogP contribution in [-0.4, -0.2) is 70.7 Å². The van der Waals surface area contributed by atoms with Crippen LogP contribution in [0.5, 0.6) is 0 Å². The van der Waals surface area contributed by atoms with Gasteiger partial charge in [0.25, 0.3) is 0 Å². The first-order chi connectivity index (χ1) is 9.97. The van der Waals surface area contributed by atoms with E-state index in [1.807, 2.05) is 11.8 Å². The van der Waals surface area contributed by atoms with Crippen LogP contribution >= 0.6 is 0 Å². The molecule has 2 N–H and O–H groups in total. The lowest BCUT2D eigenvalue weighted by Crippen LogP contribution is -2.50. The summed E-state index contributed by atoms with van der Waals surface area (Å²) in [5.74, 6) is -0.685. The zero-order valence-corrected chi connectivity index (χ0v) is 12.8. The Hall–Kier alpha value is -1.14. The zero-order chi connectivity index (χ0) is 15.5. The van der Waals surface area contributed by atoms with E-state index in [4.69, 9.17) is 0 Å². The molecule has 2 fully saturated rings. The molecule has 0 aliphatic carbocycles. The summed E-state index contributed by atoms with van der Waals surface area (Å²) in [5, 5.41) is 19.0. The fourth-order valence-corrected chi connectivity index (χ4v) is 3.37. The highest BCUT2D eigenvalue weighted by Crippen LogP contribution is 2.35. The van der Waals surface area contributed by atoms with Crippen molar-refractivity contribution in [2.45, 2.75) is 45.1 Å². The molecule has 0 aromatic carbocycles. The van der Waals surface area contributed by atoms with Crippen molar-refractivity contribution < 1.29 is 19.8 Å². The predicted molar refractivity (Wildman–Crippen MR) is 77.9 cm³/mol. The molecule has 0 aromatic heterocycles. The van der Waals surface area contributed by atoms with Gasteiger partial charge < -0.3 is 15.1 Å². The molecule has 21 heavy (non-hydrogen) atoms. The average Bonchev–Trinajstić information content (AvgIpc) is 2.47. The van der Waals surface area contributed by atoms with Crippen LogP contribution in [0.25, 0.3) is 0 Å². The second-order valence-corrected chi connectivity index (χ2v) is 6.35. The summed E-state index contributed by atoms with van der Waals surface area (Å²) in [5.41, 5.74) is -0.655. The molecule has 1 unspecified atom stereocenters. The van der Waals surface area contributed by atoms with Gasteiger partial charge in [-0.05, 0) is 38.6 Å². The smallest absolute Gasteiger partial charge is 0.309 e. The van der Waals surface area contributed by atoms with Crippen molar-refractivity contribution in [2.24, 2.45) is 5.41 Å². The van der Waals surface area contributed by atoms with Crippen LogP contribution in [0.1, 0.15) is 39.0 Å². The second-order valence-electron chi connectivity index (χ2n) is 6.35. The van der Waals surface area contributed by atoms with E-state index in [1.165, 1.54) is 0 Å². The number of hydrogen-bond donors (Lipinski definition) is 2. The Morgan fingerprint density at radius 3 is 2.43 bits per heavy atom. The van der Waals surface area contributed by atoms with Crippen LogP contribution in [0.3, 0.4) is 0 Å². The Kier molecular flexibility index (Phi) is 5.22. The standard InChI is InChI=1S/C15H26N2O4/c1-2-15(14(20)21)5-8-17(9-6-15)13(19)11-16-7-3-4-12(18)10-16/h12,18H,2-11H2,1H3,(H,20,21). The van der Waals surface area contributed by atoms with Crippen molar-refractivity contribution in [3.63, 3.8) is 0 Å². The molecular weight excluding hydrogens is 272 g/mol. The van der Waals surface area contributed by atoms with Gasteiger partial charge in [-0.3, -0.25) is 14.5 Å². The summed E-state index contributed by atoms with van der Waals surface area (Å²) in [6, 6.07) is 0. The number of aliphatic hydroxyl groups is 1. The van der Waals surface area contributed by atoms with E-state index in [2.05, 4.69) is 0 Å². The molecule has 1 atom stereocenters. The number of carboxylic acids is 1. The number of carbonyl (C=O) groups is 2. The molecule has 0 aromatic rings. The fourth-order valence-electron chi connectivity index (χ4n) is 3.37. The molecule has 120 valence electrons. The minimum atomic E-state index is -0.740. The fraction of sp³-hybridized carbons (Fsp3) is 0.867. The monoisotopic (exact) mass is 298 g/mol. The number of aliphatic hydroxyl groups excluding tert-OH is 1.